The Morgan fingerprint density at radius 3 is 2.73 bits per heavy atom. The Morgan fingerprint density at radius 1 is 1.33 bits per heavy atom. The highest BCUT2D eigenvalue weighted by Crippen LogP contribution is 2.41. The molecule has 0 spiro atoms. The molecule has 0 saturated heterocycles. The average Bonchev–Trinajstić information content (AvgIpc) is 2.62. The fourth-order valence-corrected chi connectivity index (χ4v) is 2.27. The van der Waals surface area contributed by atoms with Gasteiger partial charge < -0.3 is 4.74 Å². The van der Waals surface area contributed by atoms with E-state index in [0.29, 0.717) is 5.92 Å². The zero-order chi connectivity index (χ0) is 11.0. The summed E-state index contributed by atoms with van der Waals surface area (Å²) >= 11 is 12.4. The summed E-state index contributed by atoms with van der Waals surface area (Å²) in [6.45, 7) is 4.93. The van der Waals surface area contributed by atoms with Gasteiger partial charge in [-0.2, -0.15) is 0 Å². The average molecular weight is 245 g/mol. The lowest BCUT2D eigenvalue weighted by atomic mass is 9.99. The molecule has 1 nitrogen and oxygen atoms in total. The van der Waals surface area contributed by atoms with Gasteiger partial charge in [0.2, 0.25) is 0 Å². The molecule has 1 unspecified atom stereocenters. The van der Waals surface area contributed by atoms with Gasteiger partial charge >= 0.3 is 0 Å². The normalized spacial score (nSPS) is 16.3. The van der Waals surface area contributed by atoms with Crippen molar-refractivity contribution in [2.24, 2.45) is 5.92 Å². The molecule has 0 fully saturated rings. The molecule has 1 heterocycles. The van der Waals surface area contributed by atoms with Crippen LogP contribution in [0.1, 0.15) is 30.4 Å². The van der Waals surface area contributed by atoms with Gasteiger partial charge in [-0.15, -0.1) is 11.6 Å². The number of ether oxygens (including phenoxy) is 1. The van der Waals surface area contributed by atoms with Crippen molar-refractivity contribution in [3.05, 3.63) is 28.3 Å². The van der Waals surface area contributed by atoms with Crippen LogP contribution in [0.4, 0.5) is 0 Å². The van der Waals surface area contributed by atoms with Crippen molar-refractivity contribution in [1.29, 1.82) is 0 Å². The van der Waals surface area contributed by atoms with Crippen LogP contribution in [0.25, 0.3) is 0 Å². The third kappa shape index (κ3) is 2.09. The number of alkyl halides is 1. The first-order chi connectivity index (χ1) is 7.09. The first-order valence-electron chi connectivity index (χ1n) is 5.18. The van der Waals surface area contributed by atoms with Crippen LogP contribution < -0.4 is 4.74 Å². The highest BCUT2D eigenvalue weighted by Gasteiger charge is 2.23. The molecule has 1 atom stereocenters. The van der Waals surface area contributed by atoms with E-state index < -0.39 is 0 Å². The standard InChI is InChI=1S/C12H14Cl2O/c1-7(2)11(14)10-6-9(13)5-8-3-4-15-12(8)10/h5-7,11H,3-4H2,1-2H3. The molecule has 1 aromatic rings. The van der Waals surface area contributed by atoms with E-state index in [1.165, 1.54) is 5.56 Å². The van der Waals surface area contributed by atoms with Crippen LogP contribution in [-0.4, -0.2) is 6.61 Å². The molecule has 15 heavy (non-hydrogen) atoms. The van der Waals surface area contributed by atoms with Gasteiger partial charge in [-0.3, -0.25) is 0 Å². The maximum atomic E-state index is 6.36. The summed E-state index contributed by atoms with van der Waals surface area (Å²) in [6.07, 6.45) is 0.935. The van der Waals surface area contributed by atoms with Crippen molar-refractivity contribution >= 4 is 23.2 Å². The third-order valence-corrected chi connectivity index (χ3v) is 3.62. The predicted molar refractivity (Wildman–Crippen MR) is 64.1 cm³/mol. The SMILES string of the molecule is CC(C)C(Cl)c1cc(Cl)cc2c1OCC2. The Kier molecular flexibility index (Phi) is 3.13. The number of hydrogen-bond acceptors (Lipinski definition) is 1. The fourth-order valence-electron chi connectivity index (χ4n) is 1.86. The summed E-state index contributed by atoms with van der Waals surface area (Å²) in [4.78, 5) is 0. The van der Waals surface area contributed by atoms with Crippen molar-refractivity contribution in [3.8, 4) is 5.75 Å². The van der Waals surface area contributed by atoms with Crippen molar-refractivity contribution in [1.82, 2.24) is 0 Å². The molecular weight excluding hydrogens is 231 g/mol. The van der Waals surface area contributed by atoms with Gasteiger partial charge in [0.15, 0.2) is 0 Å². The molecule has 0 saturated carbocycles. The summed E-state index contributed by atoms with van der Waals surface area (Å²) in [5.74, 6) is 1.33. The number of hydrogen-bond donors (Lipinski definition) is 0. The second-order valence-electron chi connectivity index (χ2n) is 4.23. The number of rotatable bonds is 2. The summed E-state index contributed by atoms with van der Waals surface area (Å²) in [7, 11) is 0. The molecule has 0 aliphatic carbocycles. The summed E-state index contributed by atoms with van der Waals surface area (Å²) < 4.78 is 5.61. The molecule has 2 rings (SSSR count). The largest absolute Gasteiger partial charge is 0.493 e. The molecule has 1 aliphatic heterocycles. The molecular formula is C12H14Cl2O. The first-order valence-corrected chi connectivity index (χ1v) is 6.00. The second kappa shape index (κ2) is 4.23. The monoisotopic (exact) mass is 244 g/mol. The lowest BCUT2D eigenvalue weighted by Gasteiger charge is -2.17. The molecule has 0 bridgehead atoms. The molecule has 0 N–H and O–H groups in total. The molecule has 0 aromatic heterocycles. The number of benzene rings is 1. The van der Waals surface area contributed by atoms with E-state index in [2.05, 4.69) is 13.8 Å². The van der Waals surface area contributed by atoms with E-state index in [0.717, 1.165) is 29.4 Å². The van der Waals surface area contributed by atoms with Crippen molar-refractivity contribution in [2.45, 2.75) is 25.6 Å². The van der Waals surface area contributed by atoms with Crippen molar-refractivity contribution in [3.63, 3.8) is 0 Å². The van der Waals surface area contributed by atoms with Crippen molar-refractivity contribution in [2.75, 3.05) is 6.61 Å². The second-order valence-corrected chi connectivity index (χ2v) is 5.13. The highest BCUT2D eigenvalue weighted by molar-refractivity contribution is 6.31. The van der Waals surface area contributed by atoms with Gasteiger partial charge in [0, 0.05) is 17.0 Å². The van der Waals surface area contributed by atoms with Crippen LogP contribution in [0.3, 0.4) is 0 Å². The quantitative estimate of drug-likeness (QED) is 0.709. The van der Waals surface area contributed by atoms with Crippen LogP contribution in [0.15, 0.2) is 12.1 Å². The predicted octanol–water partition coefficient (Wildman–Crippen LogP) is 4.21. The van der Waals surface area contributed by atoms with Crippen LogP contribution in [-0.2, 0) is 6.42 Å². The topological polar surface area (TPSA) is 9.23 Å². The zero-order valence-corrected chi connectivity index (χ0v) is 10.4. The minimum Gasteiger partial charge on any atom is -0.493 e. The maximum absolute atomic E-state index is 6.36. The van der Waals surface area contributed by atoms with Gasteiger partial charge in [0.1, 0.15) is 5.75 Å². The molecule has 3 heteroatoms. The molecule has 0 radical (unpaired) electrons. The summed E-state index contributed by atoms with van der Waals surface area (Å²) in [6, 6.07) is 3.89. The Bertz CT molecular complexity index is 374. The van der Waals surface area contributed by atoms with E-state index in [4.69, 9.17) is 27.9 Å². The zero-order valence-electron chi connectivity index (χ0n) is 8.89. The minimum atomic E-state index is -0.0319. The number of halogens is 2. The third-order valence-electron chi connectivity index (χ3n) is 2.66. The highest BCUT2D eigenvalue weighted by atomic mass is 35.5. The Labute approximate surface area is 100 Å². The Morgan fingerprint density at radius 2 is 2.07 bits per heavy atom. The van der Waals surface area contributed by atoms with Gasteiger partial charge in [0.25, 0.3) is 0 Å². The molecule has 82 valence electrons. The van der Waals surface area contributed by atoms with Gasteiger partial charge in [-0.25, -0.2) is 0 Å². The summed E-state index contributed by atoms with van der Waals surface area (Å²) in [5, 5.41) is 0.719. The molecule has 1 aliphatic rings. The smallest absolute Gasteiger partial charge is 0.127 e. The van der Waals surface area contributed by atoms with E-state index in [1.54, 1.807) is 0 Å². The van der Waals surface area contributed by atoms with E-state index in [1.807, 2.05) is 12.1 Å². The minimum absolute atomic E-state index is 0.0319. The van der Waals surface area contributed by atoms with Gasteiger partial charge in [0.05, 0.1) is 12.0 Å². The van der Waals surface area contributed by atoms with Gasteiger partial charge in [-0.1, -0.05) is 25.4 Å². The van der Waals surface area contributed by atoms with Gasteiger partial charge in [-0.05, 0) is 23.6 Å². The molecule has 1 aromatic carbocycles. The van der Waals surface area contributed by atoms with Crippen LogP contribution in [0, 0.1) is 5.92 Å². The van der Waals surface area contributed by atoms with Crippen LogP contribution in [0.2, 0.25) is 5.02 Å². The van der Waals surface area contributed by atoms with E-state index in [9.17, 15) is 0 Å². The lowest BCUT2D eigenvalue weighted by molar-refractivity contribution is 0.351. The Balaban J connectivity index is 2.47. The fraction of sp³-hybridized carbons (Fsp3) is 0.500. The van der Waals surface area contributed by atoms with E-state index >= 15 is 0 Å². The molecule has 0 amide bonds. The Hall–Kier alpha value is -0.400. The maximum Gasteiger partial charge on any atom is 0.127 e. The van der Waals surface area contributed by atoms with E-state index in [-0.39, 0.29) is 5.38 Å². The number of fused-ring (bicyclic) bond motifs is 1. The lowest BCUT2D eigenvalue weighted by Crippen LogP contribution is -2.01. The van der Waals surface area contributed by atoms with Crippen molar-refractivity contribution < 1.29 is 4.74 Å². The van der Waals surface area contributed by atoms with Crippen LogP contribution >= 0.6 is 23.2 Å². The van der Waals surface area contributed by atoms with Crippen LogP contribution in [0.5, 0.6) is 5.75 Å². The first kappa shape index (κ1) is 11.1. The summed E-state index contributed by atoms with van der Waals surface area (Å²) in [5.41, 5.74) is 2.22.